The van der Waals surface area contributed by atoms with E-state index in [9.17, 15) is 0 Å². The van der Waals surface area contributed by atoms with E-state index < -0.39 is 0 Å². The molecule has 0 fully saturated rings. The quantitative estimate of drug-likeness (QED) is 0.591. The molecule has 16 heavy (non-hydrogen) atoms. The molecule has 3 N–H and O–H groups in total. The van der Waals surface area contributed by atoms with Crippen LogP contribution in [-0.4, -0.2) is 16.6 Å². The fraction of sp³-hybridized carbons (Fsp3) is 0.636. The molecule has 0 saturated carbocycles. The van der Waals surface area contributed by atoms with E-state index >= 15 is 0 Å². The second kappa shape index (κ2) is 5.23. The number of nitrogens with one attached hydrogen (secondary N) is 1. The molecule has 0 saturated heterocycles. The molecule has 5 nitrogen and oxygen atoms in total. The van der Waals surface area contributed by atoms with Crippen molar-refractivity contribution in [2.45, 2.75) is 39.2 Å². The van der Waals surface area contributed by atoms with Gasteiger partial charge in [0, 0.05) is 18.4 Å². The minimum atomic E-state index is 0.558. The van der Waals surface area contributed by atoms with Crippen molar-refractivity contribution in [3.63, 3.8) is 0 Å². The van der Waals surface area contributed by atoms with Crippen LogP contribution in [-0.2, 0) is 24.2 Å². The molecule has 2 rings (SSSR count). The molecule has 0 aromatic carbocycles. The summed E-state index contributed by atoms with van der Waals surface area (Å²) in [6, 6.07) is 0. The van der Waals surface area contributed by atoms with Crippen LogP contribution < -0.4 is 11.3 Å². The first-order valence-corrected chi connectivity index (χ1v) is 5.78. The number of unbranched alkanes of at least 4 members (excludes halogenated alkanes) is 1. The highest BCUT2D eigenvalue weighted by atomic mass is 16.5. The highest BCUT2D eigenvalue weighted by molar-refractivity contribution is 5.46. The summed E-state index contributed by atoms with van der Waals surface area (Å²) >= 11 is 0. The standard InChI is InChI=1S/C11H18N4O/c1-2-3-4-10-13-9-5-6-16-7-8(9)11(14-10)15-12/h2-7,12H2,1H3,(H,13,14,15). The van der Waals surface area contributed by atoms with Gasteiger partial charge in [0.05, 0.1) is 18.9 Å². The molecule has 2 heterocycles. The third-order valence-corrected chi connectivity index (χ3v) is 2.76. The lowest BCUT2D eigenvalue weighted by Gasteiger charge is -2.19. The number of ether oxygens (including phenoxy) is 1. The molecule has 0 radical (unpaired) electrons. The van der Waals surface area contributed by atoms with E-state index in [2.05, 4.69) is 22.3 Å². The molecule has 0 spiro atoms. The monoisotopic (exact) mass is 222 g/mol. The van der Waals surface area contributed by atoms with Gasteiger partial charge in [-0.25, -0.2) is 15.8 Å². The van der Waals surface area contributed by atoms with Crippen molar-refractivity contribution in [3.05, 3.63) is 17.1 Å². The van der Waals surface area contributed by atoms with Crippen LogP contribution in [0.5, 0.6) is 0 Å². The Balaban J connectivity index is 2.28. The Morgan fingerprint density at radius 2 is 2.31 bits per heavy atom. The first-order chi connectivity index (χ1) is 7.85. The second-order valence-corrected chi connectivity index (χ2v) is 3.96. The molecule has 88 valence electrons. The minimum absolute atomic E-state index is 0.558. The highest BCUT2D eigenvalue weighted by Gasteiger charge is 2.17. The number of hydrogen-bond donors (Lipinski definition) is 2. The van der Waals surface area contributed by atoms with Gasteiger partial charge in [-0.15, -0.1) is 0 Å². The number of aromatic nitrogens is 2. The summed E-state index contributed by atoms with van der Waals surface area (Å²) < 4.78 is 5.38. The molecule has 0 bridgehead atoms. The van der Waals surface area contributed by atoms with Gasteiger partial charge >= 0.3 is 0 Å². The molecule has 1 aliphatic heterocycles. The average molecular weight is 222 g/mol. The van der Waals surface area contributed by atoms with Crippen LogP contribution in [0.1, 0.15) is 36.8 Å². The Morgan fingerprint density at radius 1 is 1.44 bits per heavy atom. The Bertz CT molecular complexity index is 350. The number of fused-ring (bicyclic) bond motifs is 1. The summed E-state index contributed by atoms with van der Waals surface area (Å²) in [5, 5.41) is 0. The Labute approximate surface area is 95.4 Å². The average Bonchev–Trinajstić information content (AvgIpc) is 2.35. The maximum Gasteiger partial charge on any atom is 0.149 e. The number of hydrazine groups is 1. The van der Waals surface area contributed by atoms with E-state index in [1.807, 2.05) is 0 Å². The van der Waals surface area contributed by atoms with Gasteiger partial charge in [-0.1, -0.05) is 13.3 Å². The van der Waals surface area contributed by atoms with Gasteiger partial charge in [0.25, 0.3) is 0 Å². The summed E-state index contributed by atoms with van der Waals surface area (Å²) in [5.41, 5.74) is 4.73. The lowest BCUT2D eigenvalue weighted by molar-refractivity contribution is 0.109. The zero-order valence-electron chi connectivity index (χ0n) is 9.62. The Hall–Kier alpha value is -1.20. The van der Waals surface area contributed by atoms with Gasteiger partial charge in [-0.05, 0) is 6.42 Å². The lowest BCUT2D eigenvalue weighted by Crippen LogP contribution is -2.20. The molecule has 0 unspecified atom stereocenters. The van der Waals surface area contributed by atoms with Gasteiger partial charge in [0.2, 0.25) is 0 Å². The van der Waals surface area contributed by atoms with E-state index in [4.69, 9.17) is 10.6 Å². The van der Waals surface area contributed by atoms with E-state index in [1.54, 1.807) is 0 Å². The fourth-order valence-electron chi connectivity index (χ4n) is 1.85. The van der Waals surface area contributed by atoms with Crippen molar-refractivity contribution in [1.29, 1.82) is 0 Å². The van der Waals surface area contributed by atoms with Crippen LogP contribution in [0.4, 0.5) is 5.82 Å². The zero-order valence-corrected chi connectivity index (χ0v) is 9.62. The molecule has 1 aromatic heterocycles. The minimum Gasteiger partial charge on any atom is -0.376 e. The van der Waals surface area contributed by atoms with Crippen LogP contribution >= 0.6 is 0 Å². The molecule has 0 amide bonds. The predicted molar refractivity (Wildman–Crippen MR) is 61.8 cm³/mol. The summed E-state index contributed by atoms with van der Waals surface area (Å²) in [6.45, 7) is 3.46. The smallest absolute Gasteiger partial charge is 0.149 e. The molecule has 0 atom stereocenters. The van der Waals surface area contributed by atoms with Crippen molar-refractivity contribution in [1.82, 2.24) is 9.97 Å². The number of nitrogens with two attached hydrogens (primary N) is 1. The molecule has 1 aromatic rings. The fourth-order valence-corrected chi connectivity index (χ4v) is 1.85. The van der Waals surface area contributed by atoms with Crippen molar-refractivity contribution >= 4 is 5.82 Å². The maximum absolute atomic E-state index is 5.48. The highest BCUT2D eigenvalue weighted by Crippen LogP contribution is 2.21. The van der Waals surface area contributed by atoms with Gasteiger partial charge < -0.3 is 10.2 Å². The van der Waals surface area contributed by atoms with E-state index in [0.29, 0.717) is 6.61 Å². The summed E-state index contributed by atoms with van der Waals surface area (Å²) in [4.78, 5) is 8.99. The topological polar surface area (TPSA) is 73.1 Å². The third kappa shape index (κ3) is 2.31. The molecule has 0 aliphatic carbocycles. The number of anilines is 1. The SMILES string of the molecule is CCCCc1nc2c(c(NN)n1)COCC2. The molecular formula is C11H18N4O. The number of nitrogen functional groups attached to an aromatic ring is 1. The molecule has 5 heteroatoms. The normalized spacial score (nSPS) is 14.6. The van der Waals surface area contributed by atoms with Crippen molar-refractivity contribution in [2.24, 2.45) is 5.84 Å². The van der Waals surface area contributed by atoms with Gasteiger partial charge in [-0.3, -0.25) is 0 Å². The first-order valence-electron chi connectivity index (χ1n) is 5.78. The number of nitrogens with zero attached hydrogens (tertiary/aromatic N) is 2. The van der Waals surface area contributed by atoms with Crippen molar-refractivity contribution < 1.29 is 4.74 Å². The number of aryl methyl sites for hydroxylation is 1. The van der Waals surface area contributed by atoms with E-state index in [-0.39, 0.29) is 0 Å². The summed E-state index contributed by atoms with van der Waals surface area (Å²) in [6.07, 6.45) is 4.03. The van der Waals surface area contributed by atoms with Crippen LogP contribution in [0.15, 0.2) is 0 Å². The third-order valence-electron chi connectivity index (χ3n) is 2.76. The van der Waals surface area contributed by atoms with Gasteiger partial charge in [-0.2, -0.15) is 0 Å². The molecular weight excluding hydrogens is 204 g/mol. The van der Waals surface area contributed by atoms with Crippen LogP contribution in [0.3, 0.4) is 0 Å². The summed E-state index contributed by atoms with van der Waals surface area (Å²) in [5.74, 6) is 7.08. The van der Waals surface area contributed by atoms with Crippen LogP contribution in [0, 0.1) is 0 Å². The van der Waals surface area contributed by atoms with E-state index in [1.165, 1.54) is 0 Å². The summed E-state index contributed by atoms with van der Waals surface area (Å²) in [7, 11) is 0. The van der Waals surface area contributed by atoms with Crippen LogP contribution in [0.25, 0.3) is 0 Å². The predicted octanol–water partition coefficient (Wildman–Crippen LogP) is 1.18. The molecule has 1 aliphatic rings. The maximum atomic E-state index is 5.48. The van der Waals surface area contributed by atoms with Crippen LogP contribution in [0.2, 0.25) is 0 Å². The van der Waals surface area contributed by atoms with E-state index in [0.717, 1.165) is 55.2 Å². The van der Waals surface area contributed by atoms with Gasteiger partial charge in [0.1, 0.15) is 11.6 Å². The largest absolute Gasteiger partial charge is 0.376 e. The zero-order chi connectivity index (χ0) is 11.4. The number of hydrogen-bond acceptors (Lipinski definition) is 5. The Morgan fingerprint density at radius 3 is 3.06 bits per heavy atom. The Kier molecular flexibility index (Phi) is 3.69. The lowest BCUT2D eigenvalue weighted by atomic mass is 10.1. The number of rotatable bonds is 4. The van der Waals surface area contributed by atoms with Gasteiger partial charge in [0.15, 0.2) is 0 Å². The first kappa shape index (κ1) is 11.3. The van der Waals surface area contributed by atoms with Crippen molar-refractivity contribution in [3.8, 4) is 0 Å². The van der Waals surface area contributed by atoms with Crippen molar-refractivity contribution in [2.75, 3.05) is 12.0 Å². The second-order valence-electron chi connectivity index (χ2n) is 3.96.